The monoisotopic (exact) mass is 810 g/mol. The highest BCUT2D eigenvalue weighted by molar-refractivity contribution is 7.33. The Morgan fingerprint density at radius 1 is 0.891 bits per heavy atom. The molecule has 0 bridgehead atoms. The Kier molecular flexibility index (Phi) is 11.5. The molecule has 0 amide bonds. The van der Waals surface area contributed by atoms with Crippen molar-refractivity contribution in [2.75, 3.05) is 31.3 Å². The fourth-order valence-electron chi connectivity index (χ4n) is 6.39. The number of imidazole rings is 1. The van der Waals surface area contributed by atoms with Gasteiger partial charge in [-0.1, -0.05) is 0 Å². The Bertz CT molecular complexity index is 2250. The molecule has 2 unspecified atom stereocenters. The summed E-state index contributed by atoms with van der Waals surface area (Å²) in [5.41, 5.74) is 10.3. The molecule has 4 aromatic heterocycles. The molecule has 0 aromatic carbocycles. The van der Waals surface area contributed by atoms with Gasteiger partial charge >= 0.3 is 27.9 Å². The Morgan fingerprint density at radius 3 is 2.24 bits per heavy atom. The van der Waals surface area contributed by atoms with Crippen LogP contribution in [0, 0.1) is 6.92 Å². The molecular weight excluding hydrogens is 774 g/mol. The molecule has 294 valence electrons. The van der Waals surface area contributed by atoms with Crippen LogP contribution in [0.15, 0.2) is 45.5 Å². The highest BCUT2D eigenvalue weighted by atomic mass is 31.1. The van der Waals surface area contributed by atoms with Crippen molar-refractivity contribution in [2.24, 2.45) is 0 Å². The lowest BCUT2D eigenvalue weighted by atomic mass is 10.2. The van der Waals surface area contributed by atoms with Crippen molar-refractivity contribution in [2.45, 2.75) is 81.5 Å². The van der Waals surface area contributed by atoms with Gasteiger partial charge in [0, 0.05) is 46.3 Å². The number of aryl methyl sites for hydroxylation is 1. The summed E-state index contributed by atoms with van der Waals surface area (Å²) in [6, 6.07) is 1.39. The highest BCUT2D eigenvalue weighted by Crippen LogP contribution is 2.41. The van der Waals surface area contributed by atoms with Crippen LogP contribution in [0.2, 0.25) is 0 Å². The second kappa shape index (κ2) is 16.3. The zero-order valence-corrected chi connectivity index (χ0v) is 30.6. The molecular formula is C29H36N10O14P2+2. The summed E-state index contributed by atoms with van der Waals surface area (Å²) < 4.78 is 69.8. The van der Waals surface area contributed by atoms with Crippen molar-refractivity contribution >= 4 is 39.3 Å². The van der Waals surface area contributed by atoms with Gasteiger partial charge in [0.15, 0.2) is 11.5 Å². The zero-order chi connectivity index (χ0) is 39.0. The molecule has 0 spiro atoms. The van der Waals surface area contributed by atoms with Crippen molar-refractivity contribution < 1.29 is 51.6 Å². The quantitative estimate of drug-likeness (QED) is 0.0997. The summed E-state index contributed by atoms with van der Waals surface area (Å²) in [5.74, 6) is 0.188. The molecule has 7 rings (SSSR count). The summed E-state index contributed by atoms with van der Waals surface area (Å²) in [6.07, 6.45) is -3.24. The molecule has 3 fully saturated rings. The topological polar surface area (TPSA) is 325 Å². The Hall–Kier alpha value is -4.45. The summed E-state index contributed by atoms with van der Waals surface area (Å²) in [6.45, 7) is 0.157. The molecule has 26 heteroatoms. The summed E-state index contributed by atoms with van der Waals surface area (Å²) in [5, 5.41) is 20.5. The maximum absolute atomic E-state index is 13.1. The average molecular weight is 811 g/mol. The Labute approximate surface area is 310 Å². The molecule has 3 saturated heterocycles. The van der Waals surface area contributed by atoms with E-state index in [1.54, 1.807) is 4.57 Å². The average Bonchev–Trinajstić information content (AvgIpc) is 3.94. The maximum Gasteiger partial charge on any atom is 0.697 e. The van der Waals surface area contributed by atoms with E-state index < -0.39 is 102 Å². The molecule has 55 heavy (non-hydrogen) atoms. The van der Waals surface area contributed by atoms with E-state index in [0.717, 1.165) is 9.13 Å². The van der Waals surface area contributed by atoms with Crippen molar-refractivity contribution in [1.29, 1.82) is 0 Å². The number of nitrogens with two attached hydrogens (primary N) is 2. The number of rotatable bonds is 14. The first kappa shape index (κ1) is 38.8. The summed E-state index contributed by atoms with van der Waals surface area (Å²) >= 11 is 0. The number of fused-ring (bicyclic) bond motifs is 1. The fraction of sp³-hybridized carbons (Fsp3) is 0.552. The Balaban J connectivity index is 0.979. The predicted octanol–water partition coefficient (Wildman–Crippen LogP) is -0.560. The number of nitrogen functional groups attached to an aromatic ring is 2. The van der Waals surface area contributed by atoms with Crippen LogP contribution in [0.3, 0.4) is 0 Å². The van der Waals surface area contributed by atoms with E-state index in [2.05, 4.69) is 24.9 Å². The lowest BCUT2D eigenvalue weighted by Gasteiger charge is -2.15. The van der Waals surface area contributed by atoms with E-state index in [1.165, 1.54) is 38.0 Å². The van der Waals surface area contributed by atoms with E-state index in [-0.39, 0.29) is 43.1 Å². The van der Waals surface area contributed by atoms with Crippen molar-refractivity contribution in [3.8, 4) is 0 Å². The molecule has 7 N–H and O–H groups in total. The number of hydrogen-bond donors (Lipinski definition) is 5. The number of ether oxygens (including phenoxy) is 3. The molecule has 3 aliphatic heterocycles. The van der Waals surface area contributed by atoms with Gasteiger partial charge in [0.05, 0.1) is 19.0 Å². The normalized spacial score (nSPS) is 28.6. The number of aromatic amines is 1. The fourth-order valence-corrected chi connectivity index (χ4v) is 7.94. The van der Waals surface area contributed by atoms with Gasteiger partial charge in [-0.05, 0) is 13.0 Å². The van der Waals surface area contributed by atoms with Crippen LogP contribution >= 0.6 is 16.5 Å². The van der Waals surface area contributed by atoms with Crippen LogP contribution in [0.5, 0.6) is 0 Å². The molecule has 7 heterocycles. The zero-order valence-electron chi connectivity index (χ0n) is 28.8. The van der Waals surface area contributed by atoms with Gasteiger partial charge in [0.2, 0.25) is 0 Å². The summed E-state index contributed by atoms with van der Waals surface area (Å²) in [4.78, 5) is 55.1. The number of aliphatic hydroxyl groups is 2. The molecule has 24 nitrogen and oxygen atoms in total. The van der Waals surface area contributed by atoms with Crippen LogP contribution < -0.4 is 28.4 Å². The van der Waals surface area contributed by atoms with Crippen molar-refractivity contribution in [3.05, 3.63) is 68.0 Å². The van der Waals surface area contributed by atoms with Crippen LogP contribution in [-0.2, 0) is 41.4 Å². The van der Waals surface area contributed by atoms with E-state index in [9.17, 15) is 33.7 Å². The third kappa shape index (κ3) is 8.39. The van der Waals surface area contributed by atoms with E-state index in [0.29, 0.717) is 11.2 Å². The molecule has 0 radical (unpaired) electrons. The number of nitrogens with one attached hydrogen (secondary N) is 1. The molecule has 0 saturated carbocycles. The van der Waals surface area contributed by atoms with E-state index in [4.69, 9.17) is 43.8 Å². The van der Waals surface area contributed by atoms with Crippen LogP contribution in [0.1, 0.15) is 43.5 Å². The van der Waals surface area contributed by atoms with Crippen LogP contribution in [0.25, 0.3) is 11.2 Å². The third-order valence-corrected chi connectivity index (χ3v) is 10.8. The smallest absolute Gasteiger partial charge is 0.394 e. The molecule has 3 aliphatic rings. The minimum atomic E-state index is -2.90. The number of aliphatic hydroxyl groups excluding tert-OH is 2. The van der Waals surface area contributed by atoms with Gasteiger partial charge in [0.25, 0.3) is 5.56 Å². The van der Waals surface area contributed by atoms with Gasteiger partial charge < -0.3 is 35.9 Å². The second-order valence-corrected chi connectivity index (χ2v) is 14.6. The molecule has 11 atom stereocenters. The lowest BCUT2D eigenvalue weighted by molar-refractivity contribution is -0.0513. The Morgan fingerprint density at radius 2 is 1.53 bits per heavy atom. The first-order valence-corrected chi connectivity index (χ1v) is 19.0. The first-order valence-electron chi connectivity index (χ1n) is 16.8. The number of anilines is 2. The number of nitrogens with zero attached hydrogens (tertiary/aromatic N) is 7. The minimum Gasteiger partial charge on any atom is -0.394 e. The van der Waals surface area contributed by atoms with Gasteiger partial charge in [-0.15, -0.1) is 18.1 Å². The number of hydrogen-bond acceptors (Lipinski definition) is 20. The van der Waals surface area contributed by atoms with Gasteiger partial charge in [-0.25, -0.2) is 24.5 Å². The highest BCUT2D eigenvalue weighted by Gasteiger charge is 2.48. The predicted molar refractivity (Wildman–Crippen MR) is 184 cm³/mol. The first-order chi connectivity index (χ1) is 26.4. The van der Waals surface area contributed by atoms with E-state index in [1.807, 2.05) is 0 Å². The van der Waals surface area contributed by atoms with E-state index >= 15 is 0 Å². The van der Waals surface area contributed by atoms with Crippen LogP contribution in [0.4, 0.5) is 11.6 Å². The largest absolute Gasteiger partial charge is 0.697 e. The molecule has 4 aromatic rings. The molecule has 0 aliphatic carbocycles. The van der Waals surface area contributed by atoms with Crippen molar-refractivity contribution in [1.82, 2.24) is 38.6 Å². The summed E-state index contributed by atoms with van der Waals surface area (Å²) in [7, 11) is -5.80. The maximum atomic E-state index is 13.1. The van der Waals surface area contributed by atoms with Gasteiger partial charge in [0.1, 0.15) is 80.1 Å². The van der Waals surface area contributed by atoms with Gasteiger partial charge in [-0.2, -0.15) is 4.98 Å². The number of aromatic nitrogens is 8. The third-order valence-electron chi connectivity index (χ3n) is 9.19. The second-order valence-electron chi connectivity index (χ2n) is 12.8. The standard InChI is InChI=1S/C29H34N10O14P2/c1-13-7-38(29(44)36-27(13)42)23-6-16(53-54(45)47-9-18-14(41)4-21(50-18)39-12-34-24-25(31)32-11-33-26(24)39)19(51-23)10-48-55(46)52-15-5-22(49-17(15)8-40)37-3-2-20(30)35-28(37)43/h2-3,7,11-12,14-19,21-23,40-41H,4-6,8-10H2,1H3,(H3-2,30,31,32,33,35,36,42,43,44)/p+2/t14-,15-,16-,17-,18-,19-,21-,22-,23-/m1/s1. The van der Waals surface area contributed by atoms with Crippen molar-refractivity contribution in [3.63, 3.8) is 0 Å². The van der Waals surface area contributed by atoms with Crippen LogP contribution in [-0.4, -0.2) is 105 Å². The van der Waals surface area contributed by atoms with Gasteiger partial charge in [-0.3, -0.25) is 23.5 Å². The number of H-pyrrole nitrogens is 1. The minimum absolute atomic E-state index is 0.00323. The SMILES string of the molecule is Cc1cn([C@H]2C[C@@H](O[P+](=O)OC[C@H]3O[C@@H](n4cnc5c(N)ncnc54)C[C@H]3O)[C@@H](CO[P+](=O)O[C@@H]3C[C@H](n4ccc(N)nc4=O)O[C@@H]3CO)O2)c(=O)[nH]c1=O. The lowest BCUT2D eigenvalue weighted by Crippen LogP contribution is -2.33.